The first-order valence-electron chi connectivity index (χ1n) is 6.31. The van der Waals surface area contributed by atoms with E-state index >= 15 is 0 Å². The van der Waals surface area contributed by atoms with E-state index in [4.69, 9.17) is 15.7 Å². The number of pyridine rings is 1. The predicted molar refractivity (Wildman–Crippen MR) is 68.8 cm³/mol. The fourth-order valence-corrected chi connectivity index (χ4v) is 2.30. The number of oxime groups is 1. The van der Waals surface area contributed by atoms with Crippen LogP contribution in [-0.2, 0) is 0 Å². The zero-order valence-electron chi connectivity index (χ0n) is 10.5. The molecule has 0 radical (unpaired) electrons. The van der Waals surface area contributed by atoms with Crippen molar-refractivity contribution in [1.82, 2.24) is 4.98 Å². The van der Waals surface area contributed by atoms with E-state index < -0.39 is 0 Å². The van der Waals surface area contributed by atoms with Crippen LogP contribution in [0.4, 0.5) is 0 Å². The third kappa shape index (κ3) is 2.91. The lowest BCUT2D eigenvalue weighted by molar-refractivity contribution is 0.0976. The summed E-state index contributed by atoms with van der Waals surface area (Å²) in [5, 5.41) is 11.6. The molecule has 2 atom stereocenters. The second kappa shape index (κ2) is 5.71. The molecule has 0 saturated heterocycles. The Morgan fingerprint density at radius 1 is 1.50 bits per heavy atom. The summed E-state index contributed by atoms with van der Waals surface area (Å²) in [7, 11) is 0. The highest BCUT2D eigenvalue weighted by Gasteiger charge is 2.23. The summed E-state index contributed by atoms with van der Waals surface area (Å²) in [6.07, 6.45) is 6.57. The summed E-state index contributed by atoms with van der Waals surface area (Å²) in [5.41, 5.74) is 6.16. The maximum absolute atomic E-state index is 8.64. The maximum atomic E-state index is 8.64. The molecule has 1 fully saturated rings. The van der Waals surface area contributed by atoms with Gasteiger partial charge in [0.1, 0.15) is 6.10 Å². The van der Waals surface area contributed by atoms with E-state index in [1.54, 1.807) is 18.3 Å². The van der Waals surface area contributed by atoms with Crippen LogP contribution in [0.3, 0.4) is 0 Å². The lowest BCUT2D eigenvalue weighted by Crippen LogP contribution is -2.28. The van der Waals surface area contributed by atoms with Gasteiger partial charge in [-0.05, 0) is 31.2 Å². The summed E-state index contributed by atoms with van der Waals surface area (Å²) in [6.45, 7) is 2.21. The number of hydrogen-bond acceptors (Lipinski definition) is 4. The van der Waals surface area contributed by atoms with Gasteiger partial charge in [0.25, 0.3) is 0 Å². The monoisotopic (exact) mass is 249 g/mol. The number of amidine groups is 1. The summed E-state index contributed by atoms with van der Waals surface area (Å²) < 4.78 is 5.90. The summed E-state index contributed by atoms with van der Waals surface area (Å²) in [4.78, 5) is 4.17. The second-order valence-corrected chi connectivity index (χ2v) is 4.79. The number of aromatic nitrogens is 1. The van der Waals surface area contributed by atoms with Gasteiger partial charge >= 0.3 is 0 Å². The quantitative estimate of drug-likeness (QED) is 0.372. The number of rotatable bonds is 3. The first-order valence-corrected chi connectivity index (χ1v) is 6.31. The molecule has 0 bridgehead atoms. The van der Waals surface area contributed by atoms with Crippen LogP contribution < -0.4 is 10.5 Å². The smallest absolute Gasteiger partial charge is 0.214 e. The Labute approximate surface area is 107 Å². The molecule has 1 heterocycles. The average Bonchev–Trinajstić information content (AvgIpc) is 2.41. The van der Waals surface area contributed by atoms with Crippen molar-refractivity contribution < 1.29 is 9.94 Å². The van der Waals surface area contributed by atoms with Crippen molar-refractivity contribution in [3.63, 3.8) is 0 Å². The van der Waals surface area contributed by atoms with Crippen molar-refractivity contribution in [2.75, 3.05) is 0 Å². The lowest BCUT2D eigenvalue weighted by Gasteiger charge is -2.28. The number of hydrogen-bond donors (Lipinski definition) is 2. The van der Waals surface area contributed by atoms with E-state index in [-0.39, 0.29) is 11.9 Å². The average molecular weight is 249 g/mol. The van der Waals surface area contributed by atoms with Crippen LogP contribution in [0.25, 0.3) is 0 Å². The highest BCUT2D eigenvalue weighted by Crippen LogP contribution is 2.27. The van der Waals surface area contributed by atoms with Gasteiger partial charge in [-0.3, -0.25) is 0 Å². The van der Waals surface area contributed by atoms with Crippen LogP contribution in [0.15, 0.2) is 23.5 Å². The van der Waals surface area contributed by atoms with Crippen LogP contribution in [0.1, 0.15) is 38.2 Å². The van der Waals surface area contributed by atoms with E-state index in [0.717, 1.165) is 6.42 Å². The van der Waals surface area contributed by atoms with E-state index in [2.05, 4.69) is 17.1 Å². The van der Waals surface area contributed by atoms with Gasteiger partial charge in [-0.2, -0.15) is 0 Å². The molecule has 5 heteroatoms. The molecule has 0 spiro atoms. The second-order valence-electron chi connectivity index (χ2n) is 4.79. The van der Waals surface area contributed by atoms with Crippen molar-refractivity contribution in [3.05, 3.63) is 23.9 Å². The molecule has 1 aliphatic carbocycles. The largest absolute Gasteiger partial charge is 0.474 e. The Morgan fingerprint density at radius 2 is 2.28 bits per heavy atom. The van der Waals surface area contributed by atoms with Crippen molar-refractivity contribution in [3.8, 4) is 5.88 Å². The van der Waals surface area contributed by atoms with Gasteiger partial charge in [-0.25, -0.2) is 4.98 Å². The third-order valence-electron chi connectivity index (χ3n) is 3.44. The van der Waals surface area contributed by atoms with Gasteiger partial charge < -0.3 is 15.7 Å². The molecule has 1 saturated carbocycles. The third-order valence-corrected chi connectivity index (χ3v) is 3.44. The molecule has 1 aromatic heterocycles. The van der Waals surface area contributed by atoms with Crippen LogP contribution in [0.5, 0.6) is 5.88 Å². The van der Waals surface area contributed by atoms with E-state index in [9.17, 15) is 0 Å². The minimum atomic E-state index is 0.0685. The molecular formula is C13H19N3O2. The molecule has 1 aliphatic rings. The SMILES string of the molecule is CC1CCCCC1Oc1cc(/C(N)=N/O)ccn1. The van der Waals surface area contributed by atoms with E-state index in [0.29, 0.717) is 17.4 Å². The molecule has 0 amide bonds. The van der Waals surface area contributed by atoms with Gasteiger partial charge in [0.15, 0.2) is 5.84 Å². The van der Waals surface area contributed by atoms with Gasteiger partial charge in [0.05, 0.1) is 0 Å². The Balaban J connectivity index is 2.09. The Bertz CT molecular complexity index is 434. The molecule has 98 valence electrons. The number of nitrogens with two attached hydrogens (primary N) is 1. The van der Waals surface area contributed by atoms with E-state index in [1.165, 1.54) is 19.3 Å². The predicted octanol–water partition coefficient (Wildman–Crippen LogP) is 2.13. The zero-order valence-corrected chi connectivity index (χ0v) is 10.5. The van der Waals surface area contributed by atoms with Crippen LogP contribution in [0, 0.1) is 5.92 Å². The summed E-state index contributed by atoms with van der Waals surface area (Å²) in [5.74, 6) is 1.16. The first-order chi connectivity index (χ1) is 8.70. The molecule has 2 unspecified atom stereocenters. The molecule has 0 aliphatic heterocycles. The standard InChI is InChI=1S/C13H19N3O2/c1-9-4-2-3-5-11(9)18-12-8-10(6-7-15-12)13(14)16-17/h6-9,11,17H,2-5H2,1H3,(H2,14,16). The fraction of sp³-hybridized carbons (Fsp3) is 0.538. The molecule has 2 rings (SSSR count). The first kappa shape index (κ1) is 12.7. The molecule has 5 nitrogen and oxygen atoms in total. The number of nitrogens with zero attached hydrogens (tertiary/aromatic N) is 2. The molecule has 1 aromatic rings. The van der Waals surface area contributed by atoms with Crippen molar-refractivity contribution in [2.45, 2.75) is 38.7 Å². The van der Waals surface area contributed by atoms with Gasteiger partial charge in [0, 0.05) is 17.8 Å². The molecule has 3 N–H and O–H groups in total. The highest BCUT2D eigenvalue weighted by molar-refractivity contribution is 5.97. The molecule has 0 aromatic carbocycles. The zero-order chi connectivity index (χ0) is 13.0. The Hall–Kier alpha value is -1.78. The fourth-order valence-electron chi connectivity index (χ4n) is 2.30. The minimum Gasteiger partial charge on any atom is -0.474 e. The lowest BCUT2D eigenvalue weighted by atomic mass is 9.88. The van der Waals surface area contributed by atoms with Crippen LogP contribution in [-0.4, -0.2) is 22.1 Å². The van der Waals surface area contributed by atoms with Crippen molar-refractivity contribution >= 4 is 5.84 Å². The van der Waals surface area contributed by atoms with Crippen molar-refractivity contribution in [1.29, 1.82) is 0 Å². The van der Waals surface area contributed by atoms with E-state index in [1.807, 2.05) is 0 Å². The molecule has 18 heavy (non-hydrogen) atoms. The van der Waals surface area contributed by atoms with Crippen LogP contribution >= 0.6 is 0 Å². The van der Waals surface area contributed by atoms with Crippen molar-refractivity contribution in [2.24, 2.45) is 16.8 Å². The summed E-state index contributed by atoms with van der Waals surface area (Å²) in [6, 6.07) is 3.39. The number of ether oxygens (including phenoxy) is 1. The summed E-state index contributed by atoms with van der Waals surface area (Å²) >= 11 is 0. The topological polar surface area (TPSA) is 80.7 Å². The van der Waals surface area contributed by atoms with Crippen LogP contribution in [0.2, 0.25) is 0 Å². The van der Waals surface area contributed by atoms with Gasteiger partial charge in [-0.15, -0.1) is 0 Å². The minimum absolute atomic E-state index is 0.0685. The Morgan fingerprint density at radius 3 is 3.00 bits per heavy atom. The maximum Gasteiger partial charge on any atom is 0.214 e. The molecular weight excluding hydrogens is 230 g/mol. The van der Waals surface area contributed by atoms with Gasteiger partial charge in [-0.1, -0.05) is 18.5 Å². The highest BCUT2D eigenvalue weighted by atomic mass is 16.5. The Kier molecular flexibility index (Phi) is 4.02. The van der Waals surface area contributed by atoms with Gasteiger partial charge in [0.2, 0.25) is 5.88 Å². The normalized spacial score (nSPS) is 24.8.